The summed E-state index contributed by atoms with van der Waals surface area (Å²) in [5, 5.41) is 9.15. The average Bonchev–Trinajstić information content (AvgIpc) is 2.26. The molecule has 3 atom stereocenters. The van der Waals surface area contributed by atoms with Crippen LogP contribution in [0.2, 0.25) is 0 Å². The first-order valence-electron chi connectivity index (χ1n) is 4.82. The lowest BCUT2D eigenvalue weighted by Crippen LogP contribution is -2.71. The van der Waals surface area contributed by atoms with Crippen LogP contribution in [-0.4, -0.2) is 45.6 Å². The summed E-state index contributed by atoms with van der Waals surface area (Å²) in [6.07, 6.45) is 1.28. The fourth-order valence-electron chi connectivity index (χ4n) is 1.98. The standard InChI is InChI=1S/C9H10Cl2N2O3S.ClH/c10-4(11)1-9(8(15)16)2-13-6(14)5(12)7(13)17-3-9;/h1,5,7H,2-3,12H2,(H,15,16);1H/t5?,7-,9?;/m1./s1. The van der Waals surface area contributed by atoms with Crippen molar-refractivity contribution < 1.29 is 14.7 Å². The van der Waals surface area contributed by atoms with E-state index in [1.54, 1.807) is 0 Å². The van der Waals surface area contributed by atoms with Gasteiger partial charge in [0, 0.05) is 12.3 Å². The Balaban J connectivity index is 0.00000162. The quantitative estimate of drug-likeness (QED) is 0.738. The number of carboxylic acids is 1. The number of β-lactam (4-membered cyclic amide) rings is 1. The van der Waals surface area contributed by atoms with Gasteiger partial charge >= 0.3 is 5.97 Å². The van der Waals surface area contributed by atoms with E-state index in [4.69, 9.17) is 28.9 Å². The molecule has 2 fully saturated rings. The minimum absolute atomic E-state index is 0. The van der Waals surface area contributed by atoms with Crippen LogP contribution in [-0.2, 0) is 9.59 Å². The Bertz CT molecular complexity index is 416. The SMILES string of the molecule is Cl.NC1C(=O)N2CC(C=C(Cl)Cl)(C(=O)O)CS[C@H]12. The van der Waals surface area contributed by atoms with Crippen molar-refractivity contribution in [3.8, 4) is 0 Å². The normalized spacial score (nSPS) is 33.9. The summed E-state index contributed by atoms with van der Waals surface area (Å²) in [4.78, 5) is 24.3. The first-order valence-corrected chi connectivity index (χ1v) is 6.63. The first kappa shape index (κ1) is 15.9. The van der Waals surface area contributed by atoms with Gasteiger partial charge in [0.2, 0.25) is 5.91 Å². The van der Waals surface area contributed by atoms with Gasteiger partial charge in [0.15, 0.2) is 0 Å². The lowest BCUT2D eigenvalue weighted by atomic mass is 9.87. The minimum atomic E-state index is -1.23. The van der Waals surface area contributed by atoms with Gasteiger partial charge in [-0.05, 0) is 6.08 Å². The molecule has 0 radical (unpaired) electrons. The van der Waals surface area contributed by atoms with Crippen LogP contribution in [0.5, 0.6) is 0 Å². The van der Waals surface area contributed by atoms with Crippen molar-refractivity contribution in [2.75, 3.05) is 12.3 Å². The van der Waals surface area contributed by atoms with E-state index in [9.17, 15) is 14.7 Å². The summed E-state index contributed by atoms with van der Waals surface area (Å²) < 4.78 is -0.108. The van der Waals surface area contributed by atoms with Crippen LogP contribution in [0.15, 0.2) is 10.6 Å². The first-order chi connectivity index (χ1) is 7.87. The van der Waals surface area contributed by atoms with Crippen molar-refractivity contribution in [1.29, 1.82) is 0 Å². The maximum Gasteiger partial charge on any atom is 0.316 e. The molecule has 2 saturated heterocycles. The predicted octanol–water partition coefficient (Wildman–Crippen LogP) is 1.04. The van der Waals surface area contributed by atoms with Crippen LogP contribution >= 0.6 is 47.4 Å². The Morgan fingerprint density at radius 3 is 2.72 bits per heavy atom. The van der Waals surface area contributed by atoms with Crippen LogP contribution in [0.25, 0.3) is 0 Å². The van der Waals surface area contributed by atoms with E-state index in [0.717, 1.165) is 0 Å². The highest BCUT2D eigenvalue weighted by Gasteiger charge is 2.55. The van der Waals surface area contributed by atoms with Crippen molar-refractivity contribution in [3.05, 3.63) is 10.6 Å². The summed E-state index contributed by atoms with van der Waals surface area (Å²) in [5.74, 6) is -0.976. The minimum Gasteiger partial charge on any atom is -0.481 e. The second kappa shape index (κ2) is 5.46. The second-order valence-electron chi connectivity index (χ2n) is 4.09. The van der Waals surface area contributed by atoms with Gasteiger partial charge in [0.05, 0.1) is 0 Å². The third kappa shape index (κ3) is 2.44. The molecule has 0 bridgehead atoms. The summed E-state index contributed by atoms with van der Waals surface area (Å²) in [5.41, 5.74) is 4.39. The van der Waals surface area contributed by atoms with E-state index in [0.29, 0.717) is 5.75 Å². The van der Waals surface area contributed by atoms with Crippen LogP contribution < -0.4 is 5.73 Å². The van der Waals surface area contributed by atoms with E-state index in [1.165, 1.54) is 22.7 Å². The van der Waals surface area contributed by atoms with Crippen molar-refractivity contribution in [3.63, 3.8) is 0 Å². The fraction of sp³-hybridized carbons (Fsp3) is 0.556. The Kier molecular flexibility index (Phi) is 4.83. The zero-order chi connectivity index (χ0) is 12.8. The molecule has 1 amide bonds. The largest absolute Gasteiger partial charge is 0.481 e. The van der Waals surface area contributed by atoms with Crippen molar-refractivity contribution in [1.82, 2.24) is 4.90 Å². The van der Waals surface area contributed by atoms with Crippen molar-refractivity contribution >= 4 is 59.2 Å². The highest BCUT2D eigenvalue weighted by molar-refractivity contribution is 8.00. The van der Waals surface area contributed by atoms with E-state index >= 15 is 0 Å². The fourth-order valence-corrected chi connectivity index (χ4v) is 3.85. The number of carbonyl (C=O) groups excluding carboxylic acids is 1. The van der Waals surface area contributed by atoms with Gasteiger partial charge in [-0.1, -0.05) is 23.2 Å². The summed E-state index contributed by atoms with van der Waals surface area (Å²) in [6.45, 7) is 0.0650. The lowest BCUT2D eigenvalue weighted by molar-refractivity contribution is -0.153. The Morgan fingerprint density at radius 1 is 1.61 bits per heavy atom. The molecular weight excluding hydrogens is 323 g/mol. The van der Waals surface area contributed by atoms with Gasteiger partial charge in [-0.15, -0.1) is 24.2 Å². The van der Waals surface area contributed by atoms with Crippen LogP contribution in [0, 0.1) is 5.41 Å². The highest BCUT2D eigenvalue weighted by atomic mass is 35.5. The second-order valence-corrected chi connectivity index (χ2v) is 6.20. The van der Waals surface area contributed by atoms with Gasteiger partial charge in [0.1, 0.15) is 21.3 Å². The molecule has 9 heteroatoms. The number of fused-ring (bicyclic) bond motifs is 1. The van der Waals surface area contributed by atoms with Crippen molar-refractivity contribution in [2.45, 2.75) is 11.4 Å². The van der Waals surface area contributed by atoms with Crippen LogP contribution in [0.4, 0.5) is 0 Å². The number of carbonyl (C=O) groups is 2. The molecule has 5 nitrogen and oxygen atoms in total. The molecule has 2 aliphatic rings. The van der Waals surface area contributed by atoms with E-state index in [1.807, 2.05) is 0 Å². The number of amides is 1. The molecule has 2 unspecified atom stereocenters. The molecule has 0 saturated carbocycles. The summed E-state index contributed by atoms with van der Waals surface area (Å²) in [6, 6.07) is -0.526. The van der Waals surface area contributed by atoms with E-state index < -0.39 is 17.4 Å². The monoisotopic (exact) mass is 332 g/mol. The molecule has 2 heterocycles. The molecule has 3 N–H and O–H groups in total. The number of halogens is 3. The molecule has 0 aliphatic carbocycles. The van der Waals surface area contributed by atoms with Gasteiger partial charge in [0.25, 0.3) is 0 Å². The molecule has 102 valence electrons. The predicted molar refractivity (Wildman–Crippen MR) is 73.0 cm³/mol. The summed E-state index contributed by atoms with van der Waals surface area (Å²) >= 11 is 12.4. The number of nitrogens with zero attached hydrogens (tertiary/aromatic N) is 1. The highest BCUT2D eigenvalue weighted by Crippen LogP contribution is 2.43. The molecule has 18 heavy (non-hydrogen) atoms. The molecule has 2 rings (SSSR count). The Hall–Kier alpha value is -0.140. The number of aliphatic carboxylic acids is 1. The van der Waals surface area contributed by atoms with Crippen LogP contribution in [0.3, 0.4) is 0 Å². The Labute approximate surface area is 124 Å². The number of hydrogen-bond donors (Lipinski definition) is 2. The number of thioether (sulfide) groups is 1. The number of nitrogens with two attached hydrogens (primary N) is 1. The smallest absolute Gasteiger partial charge is 0.316 e. The molecule has 0 spiro atoms. The van der Waals surface area contributed by atoms with Gasteiger partial charge in [-0.3, -0.25) is 9.59 Å². The summed E-state index contributed by atoms with van der Waals surface area (Å²) in [7, 11) is 0. The van der Waals surface area contributed by atoms with E-state index in [2.05, 4.69) is 0 Å². The van der Waals surface area contributed by atoms with Crippen LogP contribution in [0.1, 0.15) is 0 Å². The van der Waals surface area contributed by atoms with Gasteiger partial charge in [-0.2, -0.15) is 0 Å². The number of carboxylic acid groups (broad SMARTS) is 1. The topological polar surface area (TPSA) is 83.6 Å². The lowest BCUT2D eigenvalue weighted by Gasteiger charge is -2.52. The molecular formula is C9H11Cl3N2O3S. The zero-order valence-corrected chi connectivity index (χ0v) is 12.2. The molecule has 2 aliphatic heterocycles. The van der Waals surface area contributed by atoms with E-state index in [-0.39, 0.29) is 34.7 Å². The number of rotatable bonds is 2. The third-order valence-electron chi connectivity index (χ3n) is 2.96. The van der Waals surface area contributed by atoms with Gasteiger partial charge in [-0.25, -0.2) is 0 Å². The Morgan fingerprint density at radius 2 is 2.22 bits per heavy atom. The van der Waals surface area contributed by atoms with Gasteiger partial charge < -0.3 is 15.7 Å². The zero-order valence-electron chi connectivity index (χ0n) is 9.01. The van der Waals surface area contributed by atoms with Crippen molar-refractivity contribution in [2.24, 2.45) is 11.1 Å². The molecule has 0 aromatic carbocycles. The average molecular weight is 334 g/mol. The maximum atomic E-state index is 11.5. The number of hydrogen-bond acceptors (Lipinski definition) is 4. The molecule has 0 aromatic heterocycles. The third-order valence-corrected chi connectivity index (χ3v) is 4.75. The maximum absolute atomic E-state index is 11.5. The molecule has 0 aromatic rings.